The van der Waals surface area contributed by atoms with Crippen molar-refractivity contribution in [3.8, 4) is 0 Å². The molecule has 0 heterocycles. The van der Waals surface area contributed by atoms with Gasteiger partial charge in [0.1, 0.15) is 12.1 Å². The molecular formula is C25H38O4. The number of rotatable bonds is 5. The first kappa shape index (κ1) is 22.4. The maximum absolute atomic E-state index is 12.6. The molecule has 4 nitrogen and oxygen atoms in total. The van der Waals surface area contributed by atoms with Gasteiger partial charge in [-0.25, -0.2) is 0 Å². The maximum Gasteiger partial charge on any atom is 0.146 e. The molecule has 0 aromatic carbocycles. The largest absolute Gasteiger partial charge is 0.389 e. The van der Waals surface area contributed by atoms with E-state index in [1.807, 2.05) is 6.08 Å². The molecule has 0 aliphatic heterocycles. The smallest absolute Gasteiger partial charge is 0.146 e. The van der Waals surface area contributed by atoms with Crippen LogP contribution in [0.2, 0.25) is 0 Å². The number of ketones is 1. The van der Waals surface area contributed by atoms with Gasteiger partial charge in [-0.15, -0.1) is 0 Å². The number of Topliss-reactive ketones (excluding diaryl/α,β-unsaturated/α-hetero) is 1. The fourth-order valence-corrected chi connectivity index (χ4v) is 6.57. The Morgan fingerprint density at radius 3 is 2.59 bits per heavy atom. The molecule has 0 bridgehead atoms. The van der Waals surface area contributed by atoms with E-state index in [0.29, 0.717) is 18.4 Å². The molecule has 0 aromatic rings. The minimum absolute atomic E-state index is 0.0243. The molecule has 0 aromatic heterocycles. The first-order valence-corrected chi connectivity index (χ1v) is 11.2. The Kier molecular flexibility index (Phi) is 6.01. The van der Waals surface area contributed by atoms with Crippen LogP contribution in [0.4, 0.5) is 0 Å². The van der Waals surface area contributed by atoms with Crippen molar-refractivity contribution in [2.75, 3.05) is 0 Å². The van der Waals surface area contributed by atoms with Crippen molar-refractivity contribution in [1.82, 2.24) is 0 Å². The van der Waals surface area contributed by atoms with E-state index in [1.165, 1.54) is 5.57 Å². The van der Waals surface area contributed by atoms with Crippen LogP contribution in [-0.2, 0) is 9.59 Å². The third-order valence-corrected chi connectivity index (χ3v) is 8.40. The summed E-state index contributed by atoms with van der Waals surface area (Å²) in [5.41, 5.74) is -0.224. The van der Waals surface area contributed by atoms with Crippen molar-refractivity contribution in [2.24, 2.45) is 29.1 Å². The average molecular weight is 403 g/mol. The van der Waals surface area contributed by atoms with Gasteiger partial charge in [-0.05, 0) is 82.1 Å². The van der Waals surface area contributed by atoms with Crippen LogP contribution >= 0.6 is 0 Å². The zero-order valence-electron chi connectivity index (χ0n) is 18.7. The topological polar surface area (TPSA) is 74.6 Å². The van der Waals surface area contributed by atoms with Crippen LogP contribution in [0.5, 0.6) is 0 Å². The van der Waals surface area contributed by atoms with Crippen molar-refractivity contribution in [2.45, 2.75) is 90.8 Å². The molecular weight excluding hydrogens is 364 g/mol. The number of hydrogen-bond donors (Lipinski definition) is 2. The van der Waals surface area contributed by atoms with Gasteiger partial charge in [-0.2, -0.15) is 0 Å². The van der Waals surface area contributed by atoms with Crippen LogP contribution in [0.1, 0.15) is 79.6 Å². The Balaban J connectivity index is 1.94. The molecule has 29 heavy (non-hydrogen) atoms. The number of aldehydes is 1. The van der Waals surface area contributed by atoms with E-state index in [2.05, 4.69) is 33.8 Å². The summed E-state index contributed by atoms with van der Waals surface area (Å²) in [6.45, 7) is 10.3. The minimum Gasteiger partial charge on any atom is -0.389 e. The molecule has 0 saturated heterocycles. The van der Waals surface area contributed by atoms with Crippen LogP contribution in [0.3, 0.4) is 0 Å². The highest BCUT2D eigenvalue weighted by Crippen LogP contribution is 2.61. The molecule has 162 valence electrons. The Morgan fingerprint density at radius 1 is 1.28 bits per heavy atom. The van der Waals surface area contributed by atoms with Crippen molar-refractivity contribution in [3.05, 3.63) is 23.3 Å². The Bertz CT molecular complexity index is 729. The van der Waals surface area contributed by atoms with E-state index in [0.717, 1.165) is 32.0 Å². The van der Waals surface area contributed by atoms with Gasteiger partial charge >= 0.3 is 0 Å². The molecule has 4 unspecified atom stereocenters. The van der Waals surface area contributed by atoms with Crippen LogP contribution in [0, 0.1) is 29.1 Å². The minimum atomic E-state index is -1.09. The van der Waals surface area contributed by atoms with E-state index in [1.54, 1.807) is 6.92 Å². The highest BCUT2D eigenvalue weighted by Gasteiger charge is 2.60. The number of hydrogen-bond acceptors (Lipinski definition) is 4. The van der Waals surface area contributed by atoms with Gasteiger partial charge in [0.2, 0.25) is 0 Å². The number of aliphatic hydroxyl groups is 2. The first-order valence-electron chi connectivity index (χ1n) is 11.2. The molecule has 0 amide bonds. The summed E-state index contributed by atoms with van der Waals surface area (Å²) >= 11 is 0. The molecule has 3 aliphatic carbocycles. The first-order chi connectivity index (χ1) is 13.4. The van der Waals surface area contributed by atoms with Crippen LogP contribution in [0.15, 0.2) is 23.3 Å². The molecule has 2 saturated carbocycles. The second-order valence-electron chi connectivity index (χ2n) is 10.8. The molecule has 7 atom stereocenters. The summed E-state index contributed by atoms with van der Waals surface area (Å²) < 4.78 is 0. The molecule has 0 spiro atoms. The standard InChI is InChI=1S/C25H38O4/c1-16(2)7-6-8-17(3)25(29)12-11-23(4)13-19-22(20(27)14-24(19,5)28)18(15-26)9-10-21(23)25/h7,9,15,17,19,21-22,28-29H,6,8,10-14H2,1-5H3/t17?,19?,21?,22?,23-,24-,25+/m1/s1. The summed E-state index contributed by atoms with van der Waals surface area (Å²) in [5, 5.41) is 22.8. The summed E-state index contributed by atoms with van der Waals surface area (Å²) in [4.78, 5) is 24.5. The van der Waals surface area contributed by atoms with E-state index < -0.39 is 17.1 Å². The zero-order chi connectivity index (χ0) is 21.6. The summed E-state index contributed by atoms with van der Waals surface area (Å²) in [7, 11) is 0. The lowest BCUT2D eigenvalue weighted by Gasteiger charge is -2.45. The van der Waals surface area contributed by atoms with Crippen LogP contribution in [0.25, 0.3) is 0 Å². The lowest BCUT2D eigenvalue weighted by atomic mass is 9.61. The van der Waals surface area contributed by atoms with E-state index in [4.69, 9.17) is 0 Å². The highest BCUT2D eigenvalue weighted by molar-refractivity contribution is 5.94. The molecule has 3 rings (SSSR count). The van der Waals surface area contributed by atoms with Gasteiger partial charge in [0.25, 0.3) is 0 Å². The second-order valence-corrected chi connectivity index (χ2v) is 10.8. The molecule has 3 aliphatic rings. The predicted molar refractivity (Wildman–Crippen MR) is 114 cm³/mol. The normalized spacial score (nSPS) is 42.9. The Labute approximate surface area is 175 Å². The quantitative estimate of drug-likeness (QED) is 0.528. The van der Waals surface area contributed by atoms with Gasteiger partial charge in [0, 0.05) is 12.3 Å². The molecule has 2 fully saturated rings. The van der Waals surface area contributed by atoms with E-state index >= 15 is 0 Å². The fraction of sp³-hybridized carbons (Fsp3) is 0.760. The predicted octanol–water partition coefficient (Wildman–Crippen LogP) is 4.39. The number of carbonyl (C=O) groups is 2. The highest BCUT2D eigenvalue weighted by atomic mass is 16.3. The monoisotopic (exact) mass is 402 g/mol. The van der Waals surface area contributed by atoms with Crippen molar-refractivity contribution in [3.63, 3.8) is 0 Å². The molecule has 0 radical (unpaired) electrons. The third kappa shape index (κ3) is 3.90. The van der Waals surface area contributed by atoms with Gasteiger partial charge in [-0.3, -0.25) is 9.59 Å². The second kappa shape index (κ2) is 7.77. The lowest BCUT2D eigenvalue weighted by Crippen LogP contribution is -2.47. The van der Waals surface area contributed by atoms with Gasteiger partial charge < -0.3 is 10.2 Å². The van der Waals surface area contributed by atoms with Crippen molar-refractivity contribution in [1.29, 1.82) is 0 Å². The fourth-order valence-electron chi connectivity index (χ4n) is 6.57. The van der Waals surface area contributed by atoms with E-state index in [9.17, 15) is 19.8 Å². The summed E-state index contributed by atoms with van der Waals surface area (Å²) in [6.07, 6.45) is 9.83. The van der Waals surface area contributed by atoms with Gasteiger partial charge in [-0.1, -0.05) is 31.6 Å². The lowest BCUT2D eigenvalue weighted by molar-refractivity contribution is -0.121. The van der Waals surface area contributed by atoms with Gasteiger partial charge in [0.05, 0.1) is 17.1 Å². The number of allylic oxidation sites excluding steroid dienone is 4. The third-order valence-electron chi connectivity index (χ3n) is 8.40. The average Bonchev–Trinajstić information content (AvgIpc) is 2.98. The van der Waals surface area contributed by atoms with Crippen LogP contribution in [-0.4, -0.2) is 33.5 Å². The van der Waals surface area contributed by atoms with E-state index in [-0.39, 0.29) is 35.4 Å². The maximum atomic E-state index is 12.6. The number of fused-ring (bicyclic) bond motifs is 2. The van der Waals surface area contributed by atoms with Crippen molar-refractivity contribution >= 4 is 12.1 Å². The summed E-state index contributed by atoms with van der Waals surface area (Å²) in [6, 6.07) is 0. The summed E-state index contributed by atoms with van der Waals surface area (Å²) in [5.74, 6) is -0.603. The van der Waals surface area contributed by atoms with Gasteiger partial charge in [0.15, 0.2) is 0 Å². The zero-order valence-corrected chi connectivity index (χ0v) is 18.7. The van der Waals surface area contributed by atoms with Crippen LogP contribution < -0.4 is 0 Å². The van der Waals surface area contributed by atoms with Crippen molar-refractivity contribution < 1.29 is 19.8 Å². The SMILES string of the molecule is CC(C)=CCCC(C)[C@@]1(O)CC[C@]2(C)CC3C(C(=O)C[C@@]3(C)O)C(C=O)=CCC21. The molecule has 2 N–H and O–H groups in total. The number of carbonyl (C=O) groups excluding carboxylic acids is 2. The Morgan fingerprint density at radius 2 is 1.97 bits per heavy atom. The Hall–Kier alpha value is -1.26. The molecule has 4 heteroatoms.